The number of aliphatic carboxylic acids is 1. The summed E-state index contributed by atoms with van der Waals surface area (Å²) in [6.07, 6.45) is 4.34. The highest BCUT2D eigenvalue weighted by molar-refractivity contribution is 6.31. The highest BCUT2D eigenvalue weighted by Gasteiger charge is 2.42. The van der Waals surface area contributed by atoms with Crippen molar-refractivity contribution in [1.82, 2.24) is 35.3 Å². The Kier molecular flexibility index (Phi) is 18.0. The van der Waals surface area contributed by atoms with Crippen molar-refractivity contribution < 1.29 is 38.5 Å². The van der Waals surface area contributed by atoms with Gasteiger partial charge in [-0.1, -0.05) is 47.5 Å². The van der Waals surface area contributed by atoms with Crippen molar-refractivity contribution in [3.63, 3.8) is 0 Å². The lowest BCUT2D eigenvalue weighted by Gasteiger charge is -2.45. The lowest BCUT2D eigenvalue weighted by Crippen LogP contribution is -2.65. The Labute approximate surface area is 407 Å². The van der Waals surface area contributed by atoms with Crippen LogP contribution in [0.3, 0.4) is 0 Å². The van der Waals surface area contributed by atoms with Crippen LogP contribution in [0.5, 0.6) is 11.5 Å². The third kappa shape index (κ3) is 14.0. The first-order chi connectivity index (χ1) is 32.5. The van der Waals surface area contributed by atoms with Crippen LogP contribution in [-0.2, 0) is 56.9 Å². The number of piperidine rings is 1. The van der Waals surface area contributed by atoms with Gasteiger partial charge in [-0.15, -0.1) is 0 Å². The number of hydrogen-bond acceptors (Lipinski definition) is 10. The number of nitrogens with one attached hydrogen (secondary N) is 3. The third-order valence-corrected chi connectivity index (χ3v) is 12.5. The van der Waals surface area contributed by atoms with E-state index in [9.17, 15) is 29.5 Å². The number of carboxylic acids is 1. The maximum absolute atomic E-state index is 14.4. The van der Waals surface area contributed by atoms with Gasteiger partial charge in [-0.25, -0.2) is 4.98 Å². The topological polar surface area (TPSA) is 194 Å². The average molecular weight is 972 g/mol. The lowest BCUT2D eigenvalue weighted by molar-refractivity contribution is -0.614. The van der Waals surface area contributed by atoms with Crippen LogP contribution in [0.4, 0.5) is 0 Å². The van der Waals surface area contributed by atoms with Gasteiger partial charge in [-0.05, 0) is 101 Å². The summed E-state index contributed by atoms with van der Waals surface area (Å²) < 4.78 is 14.5. The highest BCUT2D eigenvalue weighted by atomic mass is 35.5. The first-order valence-electron chi connectivity index (χ1n) is 22.5. The van der Waals surface area contributed by atoms with Gasteiger partial charge in [0.25, 0.3) is 0 Å². The molecule has 4 N–H and O–H groups in total. The zero-order valence-electron chi connectivity index (χ0n) is 39.0. The van der Waals surface area contributed by atoms with E-state index in [1.165, 1.54) is 13.3 Å². The number of carbonyl (C=O) groups is 4. The van der Waals surface area contributed by atoms with Crippen molar-refractivity contribution in [2.45, 2.75) is 76.2 Å². The van der Waals surface area contributed by atoms with E-state index in [2.05, 4.69) is 30.4 Å². The average Bonchev–Trinajstić information content (AvgIpc) is 3.66. The second kappa shape index (κ2) is 23.8. The van der Waals surface area contributed by atoms with Crippen LogP contribution in [0.15, 0.2) is 97.3 Å². The molecule has 0 unspecified atom stereocenters. The van der Waals surface area contributed by atoms with E-state index in [-0.39, 0.29) is 44.9 Å². The fourth-order valence-corrected chi connectivity index (χ4v) is 8.72. The quantitative estimate of drug-likeness (QED) is 0.0474. The molecular formula is C50H60Cl2N8O8. The zero-order valence-corrected chi connectivity index (χ0v) is 40.6. The van der Waals surface area contributed by atoms with Crippen LogP contribution in [0.25, 0.3) is 11.3 Å². The van der Waals surface area contributed by atoms with Crippen LogP contribution in [0.1, 0.15) is 55.3 Å². The Morgan fingerprint density at radius 2 is 1.74 bits per heavy atom. The number of aromatic nitrogens is 3. The summed E-state index contributed by atoms with van der Waals surface area (Å²) in [6, 6.07) is 23.2. The van der Waals surface area contributed by atoms with E-state index < -0.39 is 41.3 Å². The molecule has 18 heteroatoms. The fraction of sp³-hybridized carbons (Fsp3) is 0.400. The molecule has 6 rings (SSSR count). The monoisotopic (exact) mass is 970 g/mol. The van der Waals surface area contributed by atoms with Crippen molar-refractivity contribution >= 4 is 46.9 Å². The summed E-state index contributed by atoms with van der Waals surface area (Å²) in [5.41, 5.74) is 2.90. The first kappa shape index (κ1) is 51.4. The molecule has 1 aliphatic rings. The first-order valence-corrected chi connectivity index (χ1v) is 23.3. The number of benzene rings is 3. The molecule has 3 amide bonds. The number of rotatable bonds is 22. The molecule has 0 radical (unpaired) electrons. The number of carboxylic acid groups (broad SMARTS) is 1. The number of nitrogens with zero attached hydrogens (tertiary/aromatic N) is 5. The minimum Gasteiger partial charge on any atom is -0.619 e. The Bertz CT molecular complexity index is 2520. The number of carbonyl (C=O) groups excluding carboxylic acids is 3. The maximum atomic E-state index is 14.4. The van der Waals surface area contributed by atoms with Crippen LogP contribution in [0, 0.1) is 11.1 Å². The Hall–Kier alpha value is -6.04. The summed E-state index contributed by atoms with van der Waals surface area (Å²) in [5.74, 6) is -1.08. The van der Waals surface area contributed by atoms with Crippen molar-refractivity contribution in [2.24, 2.45) is 13.0 Å². The molecule has 1 fully saturated rings. The van der Waals surface area contributed by atoms with Gasteiger partial charge in [0.05, 0.1) is 36.6 Å². The number of amides is 3. The molecule has 1 saturated heterocycles. The largest absolute Gasteiger partial charge is 0.619 e. The lowest BCUT2D eigenvalue weighted by atomic mass is 9.82. The molecular weight excluding hydrogens is 912 g/mol. The van der Waals surface area contributed by atoms with Crippen molar-refractivity contribution in [2.75, 3.05) is 40.9 Å². The molecule has 68 heavy (non-hydrogen) atoms. The number of pyridine rings is 1. The van der Waals surface area contributed by atoms with Gasteiger partial charge in [0, 0.05) is 85.9 Å². The summed E-state index contributed by atoms with van der Waals surface area (Å²) in [5, 5.41) is 32.5. The molecule has 0 spiro atoms. The summed E-state index contributed by atoms with van der Waals surface area (Å²) in [6.45, 7) is 2.95. The van der Waals surface area contributed by atoms with Crippen LogP contribution >= 0.6 is 23.2 Å². The molecule has 5 aromatic rings. The van der Waals surface area contributed by atoms with Crippen LogP contribution in [0.2, 0.25) is 10.0 Å². The Morgan fingerprint density at radius 1 is 1.00 bits per heavy atom. The van der Waals surface area contributed by atoms with Gasteiger partial charge in [0.15, 0.2) is 11.9 Å². The highest BCUT2D eigenvalue weighted by Crippen LogP contribution is 2.32. The molecule has 1 aliphatic heterocycles. The Balaban J connectivity index is 1.13. The molecule has 0 bridgehead atoms. The molecule has 2 aromatic heterocycles. The number of halogens is 2. The van der Waals surface area contributed by atoms with E-state index >= 15 is 0 Å². The summed E-state index contributed by atoms with van der Waals surface area (Å²) in [7, 11) is 7.43. The van der Waals surface area contributed by atoms with E-state index in [0.717, 1.165) is 28.2 Å². The predicted molar refractivity (Wildman–Crippen MR) is 259 cm³/mol. The van der Waals surface area contributed by atoms with E-state index in [4.69, 9.17) is 32.7 Å². The van der Waals surface area contributed by atoms with E-state index in [1.807, 2.05) is 69.8 Å². The molecule has 3 aromatic carbocycles. The van der Waals surface area contributed by atoms with E-state index in [0.29, 0.717) is 64.3 Å². The molecule has 0 aliphatic carbocycles. The number of likely N-dealkylation sites (tertiary alicyclic amines) is 1. The van der Waals surface area contributed by atoms with Crippen molar-refractivity contribution in [1.29, 1.82) is 0 Å². The third-order valence-electron chi connectivity index (χ3n) is 12.1. The van der Waals surface area contributed by atoms with Gasteiger partial charge >= 0.3 is 5.97 Å². The second-order valence-corrected chi connectivity index (χ2v) is 18.5. The van der Waals surface area contributed by atoms with Gasteiger partial charge in [-0.3, -0.25) is 19.2 Å². The normalized spacial score (nSPS) is 16.2. The number of methoxy groups -OCH3 is 1. The maximum Gasteiger partial charge on any atom is 0.303 e. The van der Waals surface area contributed by atoms with Crippen molar-refractivity contribution in [3.8, 4) is 22.8 Å². The number of imidazole rings is 1. The molecule has 0 saturated carbocycles. The second-order valence-electron chi connectivity index (χ2n) is 17.6. The summed E-state index contributed by atoms with van der Waals surface area (Å²) >= 11 is 12.6. The predicted octanol–water partition coefficient (Wildman–Crippen LogP) is 5.93. The van der Waals surface area contributed by atoms with Crippen molar-refractivity contribution in [3.05, 3.63) is 135 Å². The SMILES string of the molecule is COC[C@H](NC(=O)[C@H](C)NCc1ccc(Cl)cc1Oc1ccc(-c2cnc(CN(C)C)n2C)cc1)C(=O)N[C@@]1(Cc2ccc(Cl)cc2)CCCN(C(=O)[C@H](CCC(=O)O)Cc2cccc[n+]2[O-])C1. The zero-order chi connectivity index (χ0) is 49.0. The molecule has 4 atom stereocenters. The minimum absolute atomic E-state index is 0.0240. The molecule has 362 valence electrons. The van der Waals surface area contributed by atoms with Gasteiger partial charge < -0.3 is 50.1 Å². The van der Waals surface area contributed by atoms with Crippen LogP contribution in [-0.4, -0.2) is 107 Å². The number of ether oxygens (including phenoxy) is 2. The smallest absolute Gasteiger partial charge is 0.303 e. The van der Waals surface area contributed by atoms with Crippen LogP contribution < -0.4 is 25.4 Å². The van der Waals surface area contributed by atoms with Gasteiger partial charge in [0.2, 0.25) is 17.7 Å². The Morgan fingerprint density at radius 3 is 2.43 bits per heavy atom. The van der Waals surface area contributed by atoms with Gasteiger partial charge in [0.1, 0.15) is 23.4 Å². The standard InChI is InChI=1S/C50H60Cl2N8O8/c1-33(53-28-37-12-18-39(52)26-44(37)68-41-19-13-35(14-20-41)43-29-54-45(58(43)4)30-57(2)3)47(63)55-42(31-67-5)48(64)56-50(27-34-10-16-38(51)17-11-34)22-8-23-59(32-50)49(65)36(15-21-46(61)62)25-40-9-6-7-24-60(40)66/h6-7,9-14,16-20,24,26,29,33,36,42,53H,8,15,21-23,25,27-28,30-32H2,1-5H3,(H,55,63)(H,56,64)(H,61,62)/t33-,36+,42-,50+/m0/s1. The fourth-order valence-electron chi connectivity index (χ4n) is 8.43. The summed E-state index contributed by atoms with van der Waals surface area (Å²) in [4.78, 5) is 62.5. The molecule has 3 heterocycles. The molecule has 16 nitrogen and oxygen atoms in total. The van der Waals surface area contributed by atoms with E-state index in [1.54, 1.807) is 54.3 Å². The minimum atomic E-state index is -1.11. The number of hydrogen-bond donors (Lipinski definition) is 4. The van der Waals surface area contributed by atoms with Gasteiger partial charge in [-0.2, -0.15) is 4.73 Å².